The summed E-state index contributed by atoms with van der Waals surface area (Å²) in [6, 6.07) is 4.23. The molecule has 162 valence electrons. The average Bonchev–Trinajstić information content (AvgIpc) is 3.34. The third-order valence-corrected chi connectivity index (χ3v) is 6.56. The molecule has 30 heavy (non-hydrogen) atoms. The first-order valence-electron chi connectivity index (χ1n) is 10.2. The fourth-order valence-electron chi connectivity index (χ4n) is 3.59. The molecule has 1 aliphatic heterocycles. The maximum Gasteiger partial charge on any atom is 0.243 e. The van der Waals surface area contributed by atoms with Crippen LogP contribution < -0.4 is 11.1 Å². The van der Waals surface area contributed by atoms with Crippen LogP contribution in [0.5, 0.6) is 5.75 Å². The Morgan fingerprint density at radius 3 is 2.73 bits per heavy atom. The van der Waals surface area contributed by atoms with Crippen LogP contribution in [0, 0.1) is 12.3 Å². The van der Waals surface area contributed by atoms with Crippen molar-refractivity contribution in [1.82, 2.24) is 15.2 Å². The summed E-state index contributed by atoms with van der Waals surface area (Å²) in [6.07, 6.45) is 1.39. The molecule has 8 heteroatoms. The van der Waals surface area contributed by atoms with Gasteiger partial charge >= 0.3 is 0 Å². The molecule has 2 atom stereocenters. The molecular formula is C22H30N4O3S. The molecule has 1 aromatic carbocycles. The van der Waals surface area contributed by atoms with Crippen LogP contribution in [-0.4, -0.2) is 45.4 Å². The summed E-state index contributed by atoms with van der Waals surface area (Å²) in [4.78, 5) is 32.4. The van der Waals surface area contributed by atoms with Crippen molar-refractivity contribution in [2.45, 2.75) is 59.2 Å². The SMILES string of the molecule is Cc1ncsc1-c1ccc(CNC(=O)[C@@H]2CCCN2C(=O)[C@@H](N)C(C)(C)C)c(O)c1. The van der Waals surface area contributed by atoms with Crippen molar-refractivity contribution in [3.8, 4) is 16.2 Å². The number of aryl methyl sites for hydroxylation is 1. The fourth-order valence-corrected chi connectivity index (χ4v) is 4.39. The Morgan fingerprint density at radius 1 is 1.40 bits per heavy atom. The molecule has 1 fully saturated rings. The summed E-state index contributed by atoms with van der Waals surface area (Å²) < 4.78 is 0. The number of nitrogens with zero attached hydrogens (tertiary/aromatic N) is 2. The Balaban J connectivity index is 1.65. The quantitative estimate of drug-likeness (QED) is 0.676. The van der Waals surface area contributed by atoms with E-state index in [9.17, 15) is 14.7 Å². The highest BCUT2D eigenvalue weighted by molar-refractivity contribution is 7.13. The van der Waals surface area contributed by atoms with Crippen LogP contribution in [0.3, 0.4) is 0 Å². The highest BCUT2D eigenvalue weighted by Crippen LogP contribution is 2.31. The van der Waals surface area contributed by atoms with Crippen molar-refractivity contribution in [3.63, 3.8) is 0 Å². The first-order chi connectivity index (χ1) is 14.1. The molecule has 3 rings (SSSR count). The topological polar surface area (TPSA) is 109 Å². The molecule has 1 aliphatic rings. The predicted octanol–water partition coefficient (Wildman–Crippen LogP) is 2.80. The van der Waals surface area contributed by atoms with Crippen molar-refractivity contribution in [2.75, 3.05) is 6.54 Å². The maximum absolute atomic E-state index is 12.8. The number of carbonyl (C=O) groups is 2. The summed E-state index contributed by atoms with van der Waals surface area (Å²) in [5.41, 5.74) is 9.96. The lowest BCUT2D eigenvalue weighted by Gasteiger charge is -2.32. The number of aromatic nitrogens is 1. The van der Waals surface area contributed by atoms with Gasteiger partial charge in [0.15, 0.2) is 0 Å². The van der Waals surface area contributed by atoms with Gasteiger partial charge in [0, 0.05) is 18.7 Å². The number of likely N-dealkylation sites (tertiary alicyclic amines) is 1. The molecule has 2 amide bonds. The second-order valence-electron chi connectivity index (χ2n) is 8.86. The van der Waals surface area contributed by atoms with Crippen molar-refractivity contribution in [2.24, 2.45) is 11.1 Å². The highest BCUT2D eigenvalue weighted by atomic mass is 32.1. The zero-order valence-corrected chi connectivity index (χ0v) is 18.8. The van der Waals surface area contributed by atoms with Gasteiger partial charge in [0.25, 0.3) is 0 Å². The van der Waals surface area contributed by atoms with Crippen LogP contribution >= 0.6 is 11.3 Å². The maximum atomic E-state index is 12.8. The van der Waals surface area contributed by atoms with Gasteiger partial charge in [0.05, 0.1) is 22.1 Å². The number of amides is 2. The standard InChI is InChI=1S/C22H30N4O3S/c1-13-18(30-12-25-13)14-7-8-15(17(27)10-14)11-24-20(28)16-6-5-9-26(16)21(29)19(23)22(2,3)4/h7-8,10,12,16,19,27H,5-6,9,11,23H2,1-4H3,(H,24,28)/t16-,19+/m0/s1. The average molecular weight is 431 g/mol. The van der Waals surface area contributed by atoms with E-state index in [1.807, 2.05) is 33.8 Å². The van der Waals surface area contributed by atoms with E-state index in [1.54, 1.807) is 22.5 Å². The summed E-state index contributed by atoms with van der Waals surface area (Å²) >= 11 is 1.52. The Morgan fingerprint density at radius 2 is 2.13 bits per heavy atom. The minimum absolute atomic E-state index is 0.120. The van der Waals surface area contributed by atoms with E-state index in [0.717, 1.165) is 22.6 Å². The Labute approximate surface area is 181 Å². The van der Waals surface area contributed by atoms with E-state index < -0.39 is 12.1 Å². The molecular weight excluding hydrogens is 400 g/mol. The smallest absolute Gasteiger partial charge is 0.243 e. The monoisotopic (exact) mass is 430 g/mol. The molecule has 0 bridgehead atoms. The lowest BCUT2D eigenvalue weighted by Crippen LogP contribution is -2.54. The van der Waals surface area contributed by atoms with Gasteiger partial charge in [0.1, 0.15) is 11.8 Å². The molecule has 7 nitrogen and oxygen atoms in total. The van der Waals surface area contributed by atoms with Gasteiger partial charge in [-0.1, -0.05) is 32.9 Å². The van der Waals surface area contributed by atoms with Gasteiger partial charge < -0.3 is 21.1 Å². The molecule has 1 aromatic heterocycles. The molecule has 0 spiro atoms. The highest BCUT2D eigenvalue weighted by Gasteiger charge is 2.39. The number of hydrogen-bond donors (Lipinski definition) is 3. The third-order valence-electron chi connectivity index (χ3n) is 5.58. The molecule has 0 unspecified atom stereocenters. The van der Waals surface area contributed by atoms with Gasteiger partial charge in [-0.25, -0.2) is 4.98 Å². The number of nitrogens with two attached hydrogens (primary N) is 1. The summed E-state index contributed by atoms with van der Waals surface area (Å²) in [6.45, 7) is 8.41. The Hall–Kier alpha value is -2.45. The second kappa shape index (κ2) is 8.73. The van der Waals surface area contributed by atoms with Crippen LogP contribution in [0.1, 0.15) is 44.9 Å². The lowest BCUT2D eigenvalue weighted by molar-refractivity contribution is -0.141. The van der Waals surface area contributed by atoms with E-state index in [1.165, 1.54) is 11.3 Å². The molecule has 2 heterocycles. The normalized spacial score (nSPS) is 17.8. The van der Waals surface area contributed by atoms with Gasteiger partial charge in [-0.15, -0.1) is 11.3 Å². The van der Waals surface area contributed by atoms with Crippen LogP contribution in [0.4, 0.5) is 0 Å². The van der Waals surface area contributed by atoms with Crippen molar-refractivity contribution >= 4 is 23.2 Å². The van der Waals surface area contributed by atoms with E-state index in [-0.39, 0.29) is 29.5 Å². The van der Waals surface area contributed by atoms with Gasteiger partial charge in [0.2, 0.25) is 11.8 Å². The van der Waals surface area contributed by atoms with Crippen molar-refractivity contribution in [3.05, 3.63) is 35.0 Å². The largest absolute Gasteiger partial charge is 0.508 e. The van der Waals surface area contributed by atoms with Gasteiger partial charge in [-0.2, -0.15) is 0 Å². The van der Waals surface area contributed by atoms with E-state index in [0.29, 0.717) is 18.5 Å². The number of thiazole rings is 1. The van der Waals surface area contributed by atoms with Crippen LogP contribution in [0.25, 0.3) is 10.4 Å². The van der Waals surface area contributed by atoms with Gasteiger partial charge in [-0.05, 0) is 36.8 Å². The van der Waals surface area contributed by atoms with Crippen LogP contribution in [-0.2, 0) is 16.1 Å². The first-order valence-corrected chi connectivity index (χ1v) is 11.0. The predicted molar refractivity (Wildman–Crippen MR) is 118 cm³/mol. The molecule has 0 aliphatic carbocycles. The Bertz CT molecular complexity index is 935. The number of nitrogens with one attached hydrogen (secondary N) is 1. The van der Waals surface area contributed by atoms with E-state index >= 15 is 0 Å². The number of benzene rings is 1. The van der Waals surface area contributed by atoms with Crippen molar-refractivity contribution < 1.29 is 14.7 Å². The van der Waals surface area contributed by atoms with E-state index in [4.69, 9.17) is 5.73 Å². The third kappa shape index (κ3) is 4.65. The summed E-state index contributed by atoms with van der Waals surface area (Å²) in [5.74, 6) is -0.286. The number of phenols is 1. The second-order valence-corrected chi connectivity index (χ2v) is 9.72. The summed E-state index contributed by atoms with van der Waals surface area (Å²) in [7, 11) is 0. The van der Waals surface area contributed by atoms with E-state index in [2.05, 4.69) is 10.3 Å². The van der Waals surface area contributed by atoms with Gasteiger partial charge in [-0.3, -0.25) is 9.59 Å². The summed E-state index contributed by atoms with van der Waals surface area (Å²) in [5, 5.41) is 13.3. The zero-order chi connectivity index (χ0) is 22.1. The fraction of sp³-hybridized carbons (Fsp3) is 0.500. The first kappa shape index (κ1) is 22.2. The number of phenolic OH excluding ortho intramolecular Hbond substituents is 1. The number of hydrogen-bond acceptors (Lipinski definition) is 6. The zero-order valence-electron chi connectivity index (χ0n) is 17.9. The molecule has 0 saturated carbocycles. The molecule has 4 N–H and O–H groups in total. The van der Waals surface area contributed by atoms with Crippen molar-refractivity contribution in [1.29, 1.82) is 0 Å². The number of carbonyl (C=O) groups excluding carboxylic acids is 2. The molecule has 0 radical (unpaired) electrons. The number of aromatic hydroxyl groups is 1. The van der Waals surface area contributed by atoms with Crippen LogP contribution in [0.2, 0.25) is 0 Å². The number of rotatable bonds is 5. The molecule has 2 aromatic rings. The minimum Gasteiger partial charge on any atom is -0.508 e. The minimum atomic E-state index is -0.655. The lowest BCUT2D eigenvalue weighted by atomic mass is 9.86. The molecule has 1 saturated heterocycles. The van der Waals surface area contributed by atoms with Crippen LogP contribution in [0.15, 0.2) is 23.7 Å². The Kier molecular flexibility index (Phi) is 6.47.